The van der Waals surface area contributed by atoms with E-state index in [2.05, 4.69) is 15.5 Å². The van der Waals surface area contributed by atoms with Crippen molar-refractivity contribution in [2.45, 2.75) is 24.3 Å². The van der Waals surface area contributed by atoms with Gasteiger partial charge in [0.15, 0.2) is 9.84 Å². The summed E-state index contributed by atoms with van der Waals surface area (Å²) in [5, 5.41) is 6.57. The number of hydrogen-bond acceptors (Lipinski definition) is 6. The zero-order valence-corrected chi connectivity index (χ0v) is 12.8. The zero-order chi connectivity index (χ0) is 15.7. The molecule has 1 aliphatic rings. The smallest absolute Gasteiger partial charge is 0.246 e. The SMILES string of the molecule is CS(=O)(=O)c1ccc(-c2noc(CNC(=O)C3CC3)n2)cc1. The van der Waals surface area contributed by atoms with Crippen molar-refractivity contribution in [1.82, 2.24) is 15.5 Å². The summed E-state index contributed by atoms with van der Waals surface area (Å²) in [5.74, 6) is 0.815. The summed E-state index contributed by atoms with van der Waals surface area (Å²) in [6.07, 6.45) is 3.03. The number of nitrogens with one attached hydrogen (secondary N) is 1. The van der Waals surface area contributed by atoms with Crippen LogP contribution in [0.15, 0.2) is 33.7 Å². The fraction of sp³-hybridized carbons (Fsp3) is 0.357. The molecular formula is C14H15N3O4S. The Morgan fingerprint density at radius 2 is 2.00 bits per heavy atom. The molecule has 1 saturated carbocycles. The maximum Gasteiger partial charge on any atom is 0.246 e. The van der Waals surface area contributed by atoms with Crippen LogP contribution in [0.2, 0.25) is 0 Å². The van der Waals surface area contributed by atoms with Crippen molar-refractivity contribution in [3.05, 3.63) is 30.2 Å². The van der Waals surface area contributed by atoms with Crippen LogP contribution in [0.4, 0.5) is 0 Å². The molecular weight excluding hydrogens is 306 g/mol. The molecule has 8 heteroatoms. The predicted octanol–water partition coefficient (Wildman–Crippen LogP) is 1.17. The van der Waals surface area contributed by atoms with E-state index in [1.165, 1.54) is 12.1 Å². The zero-order valence-electron chi connectivity index (χ0n) is 11.9. The molecule has 0 radical (unpaired) electrons. The second-order valence-electron chi connectivity index (χ2n) is 5.30. The molecule has 3 rings (SSSR count). The minimum atomic E-state index is -3.23. The average Bonchev–Trinajstić information content (AvgIpc) is 3.23. The fourth-order valence-corrected chi connectivity index (χ4v) is 2.58. The molecule has 0 saturated heterocycles. The van der Waals surface area contributed by atoms with Gasteiger partial charge < -0.3 is 9.84 Å². The topological polar surface area (TPSA) is 102 Å². The maximum atomic E-state index is 11.5. The molecule has 7 nitrogen and oxygen atoms in total. The number of sulfone groups is 1. The van der Waals surface area contributed by atoms with Gasteiger partial charge in [-0.1, -0.05) is 5.16 Å². The van der Waals surface area contributed by atoms with Crippen LogP contribution >= 0.6 is 0 Å². The Hall–Kier alpha value is -2.22. The minimum Gasteiger partial charge on any atom is -0.347 e. The first-order chi connectivity index (χ1) is 10.4. The van der Waals surface area contributed by atoms with E-state index < -0.39 is 9.84 Å². The number of carbonyl (C=O) groups excluding carboxylic acids is 1. The van der Waals surface area contributed by atoms with E-state index in [4.69, 9.17) is 4.52 Å². The summed E-state index contributed by atoms with van der Waals surface area (Å²) < 4.78 is 27.9. The average molecular weight is 321 g/mol. The van der Waals surface area contributed by atoms with E-state index in [-0.39, 0.29) is 23.3 Å². The third-order valence-corrected chi connectivity index (χ3v) is 4.50. The lowest BCUT2D eigenvalue weighted by Crippen LogP contribution is -2.24. The van der Waals surface area contributed by atoms with Gasteiger partial charge >= 0.3 is 0 Å². The Morgan fingerprint density at radius 1 is 1.32 bits per heavy atom. The molecule has 0 aliphatic heterocycles. The van der Waals surface area contributed by atoms with E-state index in [0.29, 0.717) is 17.3 Å². The van der Waals surface area contributed by atoms with E-state index in [1.54, 1.807) is 12.1 Å². The van der Waals surface area contributed by atoms with Crippen LogP contribution in [0.3, 0.4) is 0 Å². The van der Waals surface area contributed by atoms with Crippen LogP contribution < -0.4 is 5.32 Å². The van der Waals surface area contributed by atoms with Crippen LogP contribution in [-0.4, -0.2) is 30.7 Å². The van der Waals surface area contributed by atoms with E-state index in [0.717, 1.165) is 19.1 Å². The Bertz CT molecular complexity index is 792. The molecule has 1 heterocycles. The number of hydrogen-bond donors (Lipinski definition) is 1. The summed E-state index contributed by atoms with van der Waals surface area (Å²) in [6, 6.07) is 6.23. The molecule has 1 aromatic heterocycles. The summed E-state index contributed by atoms with van der Waals surface area (Å²) in [5.41, 5.74) is 0.649. The van der Waals surface area contributed by atoms with Gasteiger partial charge in [0, 0.05) is 17.7 Å². The molecule has 0 bridgehead atoms. The number of carbonyl (C=O) groups is 1. The first-order valence-corrected chi connectivity index (χ1v) is 8.73. The van der Waals surface area contributed by atoms with Crippen molar-refractivity contribution in [2.75, 3.05) is 6.26 Å². The number of aromatic nitrogens is 2. The third kappa shape index (κ3) is 3.33. The normalized spacial score (nSPS) is 14.8. The second-order valence-corrected chi connectivity index (χ2v) is 7.32. The first-order valence-electron chi connectivity index (χ1n) is 6.84. The molecule has 1 aliphatic carbocycles. The molecule has 0 unspecified atom stereocenters. The Morgan fingerprint density at radius 3 is 2.59 bits per heavy atom. The summed E-state index contributed by atoms with van der Waals surface area (Å²) >= 11 is 0. The van der Waals surface area contributed by atoms with Crippen LogP contribution in [0, 0.1) is 5.92 Å². The standard InChI is InChI=1S/C14H15N3O4S/c1-22(19,20)11-6-4-9(5-7-11)13-16-12(21-17-13)8-15-14(18)10-2-3-10/h4-7,10H,2-3,8H2,1H3,(H,15,18). The van der Waals surface area contributed by atoms with Gasteiger partial charge in [-0.25, -0.2) is 8.42 Å². The van der Waals surface area contributed by atoms with E-state index in [1.807, 2.05) is 0 Å². The van der Waals surface area contributed by atoms with Gasteiger partial charge in [-0.15, -0.1) is 0 Å². The van der Waals surface area contributed by atoms with Gasteiger partial charge in [0.05, 0.1) is 11.4 Å². The number of benzene rings is 1. The second kappa shape index (κ2) is 5.53. The number of nitrogens with zero attached hydrogens (tertiary/aromatic N) is 2. The lowest BCUT2D eigenvalue weighted by Gasteiger charge is -1.99. The van der Waals surface area contributed by atoms with Gasteiger partial charge in [-0.05, 0) is 37.1 Å². The molecule has 0 spiro atoms. The summed E-state index contributed by atoms with van der Waals surface area (Å²) in [7, 11) is -3.23. The van der Waals surface area contributed by atoms with Crippen LogP contribution in [-0.2, 0) is 21.2 Å². The van der Waals surface area contributed by atoms with Crippen LogP contribution in [0.5, 0.6) is 0 Å². The molecule has 1 amide bonds. The lowest BCUT2D eigenvalue weighted by molar-refractivity contribution is -0.122. The fourth-order valence-electron chi connectivity index (χ4n) is 1.95. The molecule has 2 aromatic rings. The van der Waals surface area contributed by atoms with Crippen LogP contribution in [0.25, 0.3) is 11.4 Å². The minimum absolute atomic E-state index is 0.0113. The van der Waals surface area contributed by atoms with Crippen molar-refractivity contribution >= 4 is 15.7 Å². The predicted molar refractivity (Wildman–Crippen MR) is 77.4 cm³/mol. The van der Waals surface area contributed by atoms with E-state index >= 15 is 0 Å². The van der Waals surface area contributed by atoms with Crippen LogP contribution in [0.1, 0.15) is 18.7 Å². The highest BCUT2D eigenvalue weighted by molar-refractivity contribution is 7.90. The number of amides is 1. The van der Waals surface area contributed by atoms with Gasteiger partial charge in [0.1, 0.15) is 0 Å². The summed E-state index contributed by atoms with van der Waals surface area (Å²) in [6.45, 7) is 0.198. The molecule has 116 valence electrons. The monoisotopic (exact) mass is 321 g/mol. The molecule has 0 atom stereocenters. The Kier molecular flexibility index (Phi) is 3.69. The van der Waals surface area contributed by atoms with E-state index in [9.17, 15) is 13.2 Å². The molecule has 1 fully saturated rings. The molecule has 22 heavy (non-hydrogen) atoms. The molecule has 1 N–H and O–H groups in total. The van der Waals surface area contributed by atoms with Gasteiger partial charge in [0.25, 0.3) is 0 Å². The lowest BCUT2D eigenvalue weighted by atomic mass is 10.2. The van der Waals surface area contributed by atoms with Crippen molar-refractivity contribution in [3.63, 3.8) is 0 Å². The third-order valence-electron chi connectivity index (χ3n) is 3.37. The maximum absolute atomic E-state index is 11.5. The highest BCUT2D eigenvalue weighted by atomic mass is 32.2. The Balaban J connectivity index is 1.68. The van der Waals surface area contributed by atoms with Crippen molar-refractivity contribution in [1.29, 1.82) is 0 Å². The van der Waals surface area contributed by atoms with Gasteiger partial charge in [0.2, 0.25) is 17.6 Å². The first kappa shape index (κ1) is 14.7. The molecule has 1 aromatic carbocycles. The Labute approximate surface area is 127 Å². The number of rotatable bonds is 5. The van der Waals surface area contributed by atoms with Crippen molar-refractivity contribution in [3.8, 4) is 11.4 Å². The highest BCUT2D eigenvalue weighted by Crippen LogP contribution is 2.28. The van der Waals surface area contributed by atoms with Crippen molar-refractivity contribution in [2.24, 2.45) is 5.92 Å². The largest absolute Gasteiger partial charge is 0.347 e. The quantitative estimate of drug-likeness (QED) is 0.886. The van der Waals surface area contributed by atoms with Crippen molar-refractivity contribution < 1.29 is 17.7 Å². The summed E-state index contributed by atoms with van der Waals surface area (Å²) in [4.78, 5) is 15.9. The van der Waals surface area contributed by atoms with Gasteiger partial charge in [-0.3, -0.25) is 4.79 Å². The van der Waals surface area contributed by atoms with Gasteiger partial charge in [-0.2, -0.15) is 4.98 Å². The highest BCUT2D eigenvalue weighted by Gasteiger charge is 2.29.